The zero-order valence-corrected chi connectivity index (χ0v) is 21.2. The lowest BCUT2D eigenvalue weighted by atomic mass is 9.65. The van der Waals surface area contributed by atoms with Gasteiger partial charge in [0.2, 0.25) is 0 Å². The van der Waals surface area contributed by atoms with Gasteiger partial charge in [0.1, 0.15) is 16.2 Å². The fourth-order valence-corrected chi connectivity index (χ4v) is 7.18. The Morgan fingerprint density at radius 2 is 1.89 bits per heavy atom. The van der Waals surface area contributed by atoms with Crippen LogP contribution < -0.4 is 15.2 Å². The highest BCUT2D eigenvalue weighted by molar-refractivity contribution is 8.23. The molecule has 0 spiro atoms. The number of ketones is 1. The molecule has 3 aliphatic rings. The Morgan fingerprint density at radius 3 is 2.58 bits per heavy atom. The van der Waals surface area contributed by atoms with Crippen LogP contribution in [0.3, 0.4) is 0 Å². The van der Waals surface area contributed by atoms with Gasteiger partial charge in [0.25, 0.3) is 10.2 Å². The average molecular weight is 533 g/mol. The number of aliphatic hydroxyl groups is 1. The molecule has 7 N–H and O–H groups in total. The van der Waals surface area contributed by atoms with Crippen molar-refractivity contribution in [1.29, 1.82) is 0 Å². The van der Waals surface area contributed by atoms with Crippen molar-refractivity contribution < 1.29 is 27.4 Å². The van der Waals surface area contributed by atoms with Crippen LogP contribution in [0.4, 0.5) is 11.4 Å². The Labute approximate surface area is 211 Å². The summed E-state index contributed by atoms with van der Waals surface area (Å²) in [7, 11) is -7.93. The molecule has 1 aliphatic heterocycles. The van der Waals surface area contributed by atoms with Crippen molar-refractivity contribution in [3.05, 3.63) is 59.2 Å². The molecule has 2 aliphatic carbocycles. The van der Waals surface area contributed by atoms with E-state index in [0.717, 1.165) is 31.2 Å². The first-order chi connectivity index (χ1) is 16.9. The molecule has 0 amide bonds. The number of carbonyl (C=O) groups excluding carboxylic acids is 1. The maximum Gasteiger partial charge on any atom is 0.296 e. The van der Waals surface area contributed by atoms with Crippen LogP contribution in [-0.2, 0) is 20.4 Å². The monoisotopic (exact) mass is 532 g/mol. The Bertz CT molecular complexity index is 1430. The van der Waals surface area contributed by atoms with Gasteiger partial charge in [-0.2, -0.15) is 8.42 Å². The molecule has 12 heteroatoms. The van der Waals surface area contributed by atoms with E-state index in [2.05, 4.69) is 14.4 Å². The maximum atomic E-state index is 14.1. The molecule has 1 fully saturated rings. The minimum absolute atomic E-state index is 0.0190. The van der Waals surface area contributed by atoms with E-state index in [0.29, 0.717) is 17.9 Å². The van der Waals surface area contributed by atoms with Gasteiger partial charge in [-0.1, -0.05) is 60.7 Å². The van der Waals surface area contributed by atoms with Crippen LogP contribution in [0.2, 0.25) is 0 Å². The number of hydrogen-bond donors (Lipinski definition) is 6. The molecular weight excluding hydrogens is 504 g/mol. The number of nitrogens with one attached hydrogen (secondary N) is 2. The van der Waals surface area contributed by atoms with Gasteiger partial charge in [-0.3, -0.25) is 18.6 Å². The molecule has 0 saturated heterocycles. The van der Waals surface area contributed by atoms with Crippen LogP contribution in [0.5, 0.6) is 0 Å². The predicted molar refractivity (Wildman–Crippen MR) is 140 cm³/mol. The van der Waals surface area contributed by atoms with Crippen LogP contribution in [0, 0.1) is 5.92 Å². The number of hydrogen-bond acceptors (Lipinski definition) is 8. The minimum Gasteiger partial charge on any atom is -0.506 e. The summed E-state index contributed by atoms with van der Waals surface area (Å²) in [6.45, 7) is 1.87. The van der Waals surface area contributed by atoms with Crippen molar-refractivity contribution in [3.63, 3.8) is 0 Å². The zero-order valence-electron chi connectivity index (χ0n) is 19.6. The SMILES string of the molecule is CC1(CC2CCCC2)C(=O)C(C2=NS(O)(O)c3cc(NS(N)(=O)=O)ccc3N2)=C(O)c2ccccc21. The van der Waals surface area contributed by atoms with Crippen LogP contribution in [-0.4, -0.2) is 34.2 Å². The minimum atomic E-state index is -4.08. The highest BCUT2D eigenvalue weighted by atomic mass is 32.3. The maximum absolute atomic E-state index is 14.1. The number of carbonyl (C=O) groups is 1. The van der Waals surface area contributed by atoms with Gasteiger partial charge in [0.15, 0.2) is 11.6 Å². The van der Waals surface area contributed by atoms with E-state index < -0.39 is 26.4 Å². The van der Waals surface area contributed by atoms with E-state index >= 15 is 0 Å². The number of nitrogens with two attached hydrogens (primary N) is 1. The third-order valence-corrected chi connectivity index (χ3v) is 9.04. The van der Waals surface area contributed by atoms with E-state index in [-0.39, 0.29) is 39.2 Å². The molecule has 192 valence electrons. The topological polar surface area (TPSA) is 174 Å². The lowest BCUT2D eigenvalue weighted by Gasteiger charge is -2.39. The molecule has 10 nitrogen and oxygen atoms in total. The fraction of sp³-hybridized carbons (Fsp3) is 0.333. The average Bonchev–Trinajstić information content (AvgIpc) is 3.30. The molecule has 0 radical (unpaired) electrons. The van der Waals surface area contributed by atoms with E-state index in [1.807, 2.05) is 19.1 Å². The molecule has 2 aromatic rings. The van der Waals surface area contributed by atoms with Crippen molar-refractivity contribution in [1.82, 2.24) is 0 Å². The van der Waals surface area contributed by atoms with Crippen molar-refractivity contribution in [2.45, 2.75) is 49.3 Å². The summed E-state index contributed by atoms with van der Waals surface area (Å²) in [5.74, 6) is -0.398. The van der Waals surface area contributed by atoms with E-state index in [4.69, 9.17) is 5.14 Å². The van der Waals surface area contributed by atoms with Crippen LogP contribution in [0.25, 0.3) is 5.76 Å². The first kappa shape index (κ1) is 24.8. The molecule has 1 unspecified atom stereocenters. The molecule has 1 atom stereocenters. The normalized spacial score (nSPS) is 24.4. The van der Waals surface area contributed by atoms with Gasteiger partial charge in [-0.15, -0.1) is 4.40 Å². The van der Waals surface area contributed by atoms with Crippen molar-refractivity contribution in [2.24, 2.45) is 15.5 Å². The summed E-state index contributed by atoms with van der Waals surface area (Å²) in [5, 5.41) is 19.2. The highest BCUT2D eigenvalue weighted by Crippen LogP contribution is 2.57. The Kier molecular flexibility index (Phi) is 5.92. The number of benzene rings is 2. The van der Waals surface area contributed by atoms with Gasteiger partial charge >= 0.3 is 0 Å². The third-order valence-electron chi connectivity index (χ3n) is 7.16. The molecule has 5 rings (SSSR count). The lowest BCUT2D eigenvalue weighted by molar-refractivity contribution is -0.120. The molecule has 0 bridgehead atoms. The van der Waals surface area contributed by atoms with Crippen LogP contribution >= 0.6 is 10.8 Å². The van der Waals surface area contributed by atoms with Gasteiger partial charge < -0.3 is 10.4 Å². The molecule has 0 aromatic heterocycles. The second kappa shape index (κ2) is 8.60. The lowest BCUT2D eigenvalue weighted by Crippen LogP contribution is -2.43. The summed E-state index contributed by atoms with van der Waals surface area (Å²) < 4.78 is 50.6. The Hall–Kier alpha value is -2.90. The van der Waals surface area contributed by atoms with E-state index in [9.17, 15) is 27.4 Å². The second-order valence-electron chi connectivity index (χ2n) is 9.73. The van der Waals surface area contributed by atoms with Crippen LogP contribution in [0.15, 0.2) is 57.3 Å². The first-order valence-electron chi connectivity index (χ1n) is 11.6. The molecular formula is C24H28N4O6S2. The van der Waals surface area contributed by atoms with Crippen molar-refractivity contribution in [2.75, 3.05) is 10.0 Å². The van der Waals surface area contributed by atoms with Gasteiger partial charge in [-0.05, 0) is 43.0 Å². The standard InChI is InChI=1S/C24H28N4O6S2/c1-24(13-14-6-2-3-7-14)17-9-5-4-8-16(17)21(29)20(22(24)30)23-26-18-11-10-15(27-36(25,33)34)12-19(18)35(31,32)28-23/h4-5,8-12,14,27,29,31-32H,2-3,6-7,13H2,1H3,(H,26,28)(H2,25,33,34). The number of rotatable bonds is 5. The molecule has 1 saturated carbocycles. The predicted octanol–water partition coefficient (Wildman–Crippen LogP) is 4.54. The fourth-order valence-electron chi connectivity index (χ4n) is 5.54. The first-order valence-corrected chi connectivity index (χ1v) is 14.6. The second-order valence-corrected chi connectivity index (χ2v) is 12.7. The van der Waals surface area contributed by atoms with Crippen molar-refractivity contribution >= 4 is 49.7 Å². The number of nitrogens with zero attached hydrogens (tertiary/aromatic N) is 1. The molecule has 2 aromatic carbocycles. The smallest absolute Gasteiger partial charge is 0.296 e. The number of anilines is 2. The Balaban J connectivity index is 1.59. The number of aliphatic hydroxyl groups excluding tert-OH is 1. The number of amidine groups is 1. The third kappa shape index (κ3) is 4.28. The van der Waals surface area contributed by atoms with E-state index in [1.165, 1.54) is 18.2 Å². The summed E-state index contributed by atoms with van der Waals surface area (Å²) >= 11 is 0. The van der Waals surface area contributed by atoms with E-state index in [1.54, 1.807) is 12.1 Å². The number of fused-ring (bicyclic) bond motifs is 2. The highest BCUT2D eigenvalue weighted by Gasteiger charge is 2.47. The Morgan fingerprint density at radius 1 is 1.19 bits per heavy atom. The summed E-state index contributed by atoms with van der Waals surface area (Å²) in [5.41, 5.74) is 0.447. The summed E-state index contributed by atoms with van der Waals surface area (Å²) in [6, 6.07) is 11.2. The van der Waals surface area contributed by atoms with Gasteiger partial charge in [0.05, 0.1) is 16.8 Å². The molecule has 1 heterocycles. The van der Waals surface area contributed by atoms with Gasteiger partial charge in [-0.25, -0.2) is 5.14 Å². The van der Waals surface area contributed by atoms with Crippen LogP contribution in [0.1, 0.15) is 50.2 Å². The van der Waals surface area contributed by atoms with Gasteiger partial charge in [0, 0.05) is 5.56 Å². The number of Topliss-reactive ketones (excluding diaryl/α,β-unsaturated/α-hetero) is 1. The quantitative estimate of drug-likeness (QED) is 0.328. The van der Waals surface area contributed by atoms with Crippen molar-refractivity contribution in [3.8, 4) is 0 Å². The molecule has 36 heavy (non-hydrogen) atoms. The summed E-state index contributed by atoms with van der Waals surface area (Å²) in [4.78, 5) is 14.0. The zero-order chi connectivity index (χ0) is 25.9. The summed E-state index contributed by atoms with van der Waals surface area (Å²) in [6.07, 6.45) is 4.94. The largest absolute Gasteiger partial charge is 0.506 e.